The first-order valence-electron chi connectivity index (χ1n) is 10.1. The molecular weight excluding hydrogens is 394 g/mol. The van der Waals surface area contributed by atoms with Crippen molar-refractivity contribution in [3.8, 4) is 22.8 Å². The molecule has 0 aliphatic rings. The number of fused-ring (bicyclic) bond motifs is 1. The molecule has 6 heteroatoms. The Hall–Kier alpha value is -2.99. The molecule has 0 aliphatic heterocycles. The minimum Gasteiger partial charge on any atom is -0.497 e. The van der Waals surface area contributed by atoms with Crippen LogP contribution in [-0.2, 0) is 5.75 Å². The quantitative estimate of drug-likeness (QED) is 0.251. The van der Waals surface area contributed by atoms with Crippen molar-refractivity contribution in [1.29, 1.82) is 0 Å². The van der Waals surface area contributed by atoms with Gasteiger partial charge in [-0.1, -0.05) is 37.2 Å². The van der Waals surface area contributed by atoms with Gasteiger partial charge in [0.2, 0.25) is 0 Å². The molecule has 0 bridgehead atoms. The van der Waals surface area contributed by atoms with Crippen molar-refractivity contribution in [1.82, 2.24) is 14.6 Å². The molecule has 0 amide bonds. The number of aromatic nitrogens is 3. The molecule has 2 aromatic carbocycles. The highest BCUT2D eigenvalue weighted by atomic mass is 32.2. The average Bonchev–Trinajstić information content (AvgIpc) is 3.24. The molecule has 0 fully saturated rings. The van der Waals surface area contributed by atoms with Gasteiger partial charge in [0.15, 0.2) is 0 Å². The molecule has 0 saturated heterocycles. The summed E-state index contributed by atoms with van der Waals surface area (Å²) in [5.41, 5.74) is 4.22. The van der Waals surface area contributed by atoms with E-state index in [0.29, 0.717) is 0 Å². The van der Waals surface area contributed by atoms with E-state index in [2.05, 4.69) is 42.2 Å². The lowest BCUT2D eigenvalue weighted by atomic mass is 10.1. The number of benzene rings is 2. The van der Waals surface area contributed by atoms with Gasteiger partial charge in [-0.15, -0.1) is 0 Å². The van der Waals surface area contributed by atoms with Crippen molar-refractivity contribution in [2.45, 2.75) is 30.5 Å². The Morgan fingerprint density at radius 3 is 2.50 bits per heavy atom. The number of nitrogens with zero attached hydrogens (tertiary/aromatic N) is 3. The van der Waals surface area contributed by atoms with E-state index < -0.39 is 0 Å². The zero-order valence-corrected chi connectivity index (χ0v) is 18.1. The van der Waals surface area contributed by atoms with Crippen LogP contribution in [0, 0.1) is 0 Å². The van der Waals surface area contributed by atoms with Gasteiger partial charge in [0.25, 0.3) is 0 Å². The minimum atomic E-state index is 0.755. The third-order valence-corrected chi connectivity index (χ3v) is 5.87. The predicted molar refractivity (Wildman–Crippen MR) is 121 cm³/mol. The van der Waals surface area contributed by atoms with Gasteiger partial charge in [-0.05, 0) is 54.4 Å². The van der Waals surface area contributed by atoms with E-state index in [9.17, 15) is 0 Å². The standard InChI is InChI=1S/C24H25N3O2S/c1-3-4-15-29-21-11-7-19(8-12-21)22-16-23-24(25-13-14-27(23)26-22)30-17-18-5-9-20(28-2)10-6-18/h5-14,16H,3-4,15,17H2,1-2H3. The Balaban J connectivity index is 1.50. The van der Waals surface area contributed by atoms with Crippen LogP contribution in [0.4, 0.5) is 0 Å². The van der Waals surface area contributed by atoms with Gasteiger partial charge < -0.3 is 9.47 Å². The fraction of sp³-hybridized carbons (Fsp3) is 0.250. The molecule has 0 radical (unpaired) electrons. The largest absolute Gasteiger partial charge is 0.497 e. The highest BCUT2D eigenvalue weighted by Crippen LogP contribution is 2.29. The highest BCUT2D eigenvalue weighted by Gasteiger charge is 2.10. The van der Waals surface area contributed by atoms with Gasteiger partial charge in [-0.3, -0.25) is 0 Å². The lowest BCUT2D eigenvalue weighted by Gasteiger charge is -2.05. The summed E-state index contributed by atoms with van der Waals surface area (Å²) in [7, 11) is 1.68. The molecule has 0 saturated carbocycles. The van der Waals surface area contributed by atoms with Crippen molar-refractivity contribution in [3.05, 3.63) is 72.6 Å². The Labute approximate surface area is 181 Å². The van der Waals surface area contributed by atoms with Crippen molar-refractivity contribution < 1.29 is 9.47 Å². The molecule has 0 unspecified atom stereocenters. The zero-order chi connectivity index (χ0) is 20.8. The maximum absolute atomic E-state index is 5.76. The Morgan fingerprint density at radius 1 is 1.00 bits per heavy atom. The SMILES string of the molecule is CCCCOc1ccc(-c2cc3c(SCc4ccc(OC)cc4)nccn3n2)cc1. The van der Waals surface area contributed by atoms with E-state index in [1.54, 1.807) is 25.1 Å². The van der Waals surface area contributed by atoms with Crippen LogP contribution in [-0.4, -0.2) is 28.3 Å². The molecule has 4 aromatic rings. The molecule has 154 valence electrons. The first-order valence-corrected chi connectivity index (χ1v) is 11.1. The summed E-state index contributed by atoms with van der Waals surface area (Å²) in [5.74, 6) is 2.60. The van der Waals surface area contributed by atoms with Crippen molar-refractivity contribution in [2.24, 2.45) is 0 Å². The second kappa shape index (κ2) is 9.67. The van der Waals surface area contributed by atoms with E-state index in [4.69, 9.17) is 14.6 Å². The zero-order valence-electron chi connectivity index (χ0n) is 17.2. The fourth-order valence-corrected chi connectivity index (χ4v) is 4.01. The lowest BCUT2D eigenvalue weighted by molar-refractivity contribution is 0.309. The Bertz CT molecular complexity index is 1090. The molecule has 30 heavy (non-hydrogen) atoms. The van der Waals surface area contributed by atoms with E-state index in [1.165, 1.54) is 5.56 Å². The number of thioether (sulfide) groups is 1. The van der Waals surface area contributed by atoms with Crippen molar-refractivity contribution >= 4 is 17.3 Å². The fourth-order valence-electron chi connectivity index (χ4n) is 3.08. The minimum absolute atomic E-state index is 0.755. The van der Waals surface area contributed by atoms with Gasteiger partial charge in [0.05, 0.1) is 24.9 Å². The highest BCUT2D eigenvalue weighted by molar-refractivity contribution is 7.98. The van der Waals surface area contributed by atoms with Crippen LogP contribution in [0.3, 0.4) is 0 Å². The summed E-state index contributed by atoms with van der Waals surface area (Å²) in [6, 6.07) is 18.3. The van der Waals surface area contributed by atoms with Crippen molar-refractivity contribution in [2.75, 3.05) is 13.7 Å². The van der Waals surface area contributed by atoms with Crippen LogP contribution in [0.15, 0.2) is 72.0 Å². The number of hydrogen-bond acceptors (Lipinski definition) is 5. The number of methoxy groups -OCH3 is 1. The monoisotopic (exact) mass is 419 g/mol. The Morgan fingerprint density at radius 2 is 1.77 bits per heavy atom. The number of rotatable bonds is 9. The molecule has 2 heterocycles. The van der Waals surface area contributed by atoms with Gasteiger partial charge in [-0.2, -0.15) is 5.10 Å². The smallest absolute Gasteiger partial charge is 0.122 e. The maximum Gasteiger partial charge on any atom is 0.122 e. The third-order valence-electron chi connectivity index (χ3n) is 4.81. The Kier molecular flexibility index (Phi) is 6.54. The summed E-state index contributed by atoms with van der Waals surface area (Å²) in [5, 5.41) is 5.70. The van der Waals surface area contributed by atoms with Gasteiger partial charge >= 0.3 is 0 Å². The van der Waals surface area contributed by atoms with E-state index >= 15 is 0 Å². The van der Waals surface area contributed by atoms with Gasteiger partial charge in [0, 0.05) is 23.7 Å². The molecular formula is C24H25N3O2S. The molecule has 4 rings (SSSR count). The summed E-state index contributed by atoms with van der Waals surface area (Å²) in [6.45, 7) is 2.92. The molecule has 0 aliphatic carbocycles. The normalized spacial score (nSPS) is 11.0. The number of unbranched alkanes of at least 4 members (excludes halogenated alkanes) is 1. The number of hydrogen-bond donors (Lipinski definition) is 0. The summed E-state index contributed by atoms with van der Waals surface area (Å²) in [6.07, 6.45) is 5.88. The first kappa shape index (κ1) is 20.3. The molecule has 2 aromatic heterocycles. The van der Waals surface area contributed by atoms with Crippen LogP contribution in [0.5, 0.6) is 11.5 Å². The first-order chi connectivity index (χ1) is 14.8. The third kappa shape index (κ3) is 4.76. The van der Waals surface area contributed by atoms with Crippen LogP contribution in [0.2, 0.25) is 0 Å². The lowest BCUT2D eigenvalue weighted by Crippen LogP contribution is -1.96. The van der Waals surface area contributed by atoms with E-state index in [1.807, 2.05) is 35.0 Å². The van der Waals surface area contributed by atoms with E-state index in [-0.39, 0.29) is 0 Å². The predicted octanol–water partition coefficient (Wildman–Crippen LogP) is 5.88. The molecule has 0 atom stereocenters. The van der Waals surface area contributed by atoms with Crippen LogP contribution in [0.25, 0.3) is 16.8 Å². The van der Waals surface area contributed by atoms with Gasteiger partial charge in [-0.25, -0.2) is 9.50 Å². The van der Waals surface area contributed by atoms with Gasteiger partial charge in [0.1, 0.15) is 16.5 Å². The summed E-state index contributed by atoms with van der Waals surface area (Å²) < 4.78 is 12.9. The molecule has 0 spiro atoms. The maximum atomic E-state index is 5.76. The molecule has 0 N–H and O–H groups in total. The van der Waals surface area contributed by atoms with Crippen LogP contribution >= 0.6 is 11.8 Å². The molecule has 5 nitrogen and oxygen atoms in total. The van der Waals surface area contributed by atoms with Crippen LogP contribution < -0.4 is 9.47 Å². The van der Waals surface area contributed by atoms with Crippen molar-refractivity contribution in [3.63, 3.8) is 0 Å². The summed E-state index contributed by atoms with van der Waals surface area (Å²) in [4.78, 5) is 4.58. The average molecular weight is 420 g/mol. The second-order valence-corrected chi connectivity index (χ2v) is 7.92. The summed E-state index contributed by atoms with van der Waals surface area (Å²) >= 11 is 1.71. The number of ether oxygens (including phenoxy) is 2. The van der Waals surface area contributed by atoms with Crippen LogP contribution in [0.1, 0.15) is 25.3 Å². The topological polar surface area (TPSA) is 48.7 Å². The van der Waals surface area contributed by atoms with E-state index in [0.717, 1.165) is 58.5 Å². The second-order valence-electron chi connectivity index (χ2n) is 6.95.